The summed E-state index contributed by atoms with van der Waals surface area (Å²) in [5.41, 5.74) is 4.29. The van der Waals surface area contributed by atoms with Gasteiger partial charge in [0.2, 0.25) is 0 Å². The highest BCUT2D eigenvalue weighted by Crippen LogP contribution is 2.31. The fourth-order valence-corrected chi connectivity index (χ4v) is 4.40. The third-order valence-corrected chi connectivity index (χ3v) is 5.85. The van der Waals surface area contributed by atoms with Gasteiger partial charge in [0.15, 0.2) is 5.76 Å². The first kappa shape index (κ1) is 19.1. The molecule has 2 aromatic carbocycles. The van der Waals surface area contributed by atoms with Crippen molar-refractivity contribution in [3.63, 3.8) is 0 Å². The molecule has 30 heavy (non-hydrogen) atoms. The lowest BCUT2D eigenvalue weighted by Gasteiger charge is -2.15. The maximum absolute atomic E-state index is 6.17. The summed E-state index contributed by atoms with van der Waals surface area (Å²) >= 11 is 0. The second kappa shape index (κ2) is 8.46. The van der Waals surface area contributed by atoms with E-state index in [0.29, 0.717) is 5.92 Å². The van der Waals surface area contributed by atoms with E-state index in [1.165, 1.54) is 17.5 Å². The summed E-state index contributed by atoms with van der Waals surface area (Å²) in [6.45, 7) is 4.62. The van der Waals surface area contributed by atoms with Crippen LogP contribution in [0.4, 0.5) is 0 Å². The maximum Gasteiger partial charge on any atom is 0.156 e. The molecule has 1 atom stereocenters. The Labute approximate surface area is 176 Å². The maximum atomic E-state index is 6.17. The molecule has 5 nitrogen and oxygen atoms in total. The van der Waals surface area contributed by atoms with Crippen molar-refractivity contribution < 1.29 is 9.15 Å². The zero-order valence-electron chi connectivity index (χ0n) is 17.3. The molecule has 0 unspecified atom stereocenters. The van der Waals surface area contributed by atoms with Crippen LogP contribution < -0.4 is 0 Å². The smallest absolute Gasteiger partial charge is 0.156 e. The predicted molar refractivity (Wildman–Crippen MR) is 118 cm³/mol. The van der Waals surface area contributed by atoms with Crippen molar-refractivity contribution in [2.75, 3.05) is 26.8 Å². The van der Waals surface area contributed by atoms with E-state index in [1.54, 1.807) is 7.11 Å². The van der Waals surface area contributed by atoms with E-state index in [-0.39, 0.29) is 0 Å². The number of benzene rings is 2. The number of likely N-dealkylation sites (tertiary alicyclic amines) is 1. The summed E-state index contributed by atoms with van der Waals surface area (Å²) in [5, 5.41) is 6.05. The summed E-state index contributed by atoms with van der Waals surface area (Å²) in [5.74, 6) is 1.45. The minimum absolute atomic E-state index is 0.615. The Morgan fingerprint density at radius 1 is 1.07 bits per heavy atom. The van der Waals surface area contributed by atoms with Crippen molar-refractivity contribution in [1.29, 1.82) is 0 Å². The Bertz CT molecular complexity index is 1080. The number of fused-ring (bicyclic) bond motifs is 1. The predicted octanol–water partition coefficient (Wildman–Crippen LogP) is 4.81. The summed E-state index contributed by atoms with van der Waals surface area (Å²) in [6, 6.07) is 20.7. The average Bonchev–Trinajstić information content (AvgIpc) is 3.48. The van der Waals surface area contributed by atoms with Gasteiger partial charge < -0.3 is 9.15 Å². The molecule has 1 aliphatic heterocycles. The largest absolute Gasteiger partial charge is 0.454 e. The summed E-state index contributed by atoms with van der Waals surface area (Å²) in [6.07, 6.45) is 3.37. The van der Waals surface area contributed by atoms with E-state index in [9.17, 15) is 0 Å². The highest BCUT2D eigenvalue weighted by molar-refractivity contribution is 5.82. The van der Waals surface area contributed by atoms with E-state index >= 15 is 0 Å². The molecule has 1 saturated heterocycles. The van der Waals surface area contributed by atoms with Crippen LogP contribution in [-0.2, 0) is 17.8 Å². The van der Waals surface area contributed by atoms with Gasteiger partial charge in [0.05, 0.1) is 13.2 Å². The number of rotatable bonds is 7. The van der Waals surface area contributed by atoms with Crippen LogP contribution in [0.25, 0.3) is 22.4 Å². The third kappa shape index (κ3) is 4.04. The molecule has 0 saturated carbocycles. The molecule has 0 N–H and O–H groups in total. The molecule has 0 aliphatic carbocycles. The molecule has 4 aromatic rings. The van der Waals surface area contributed by atoms with Crippen molar-refractivity contribution in [2.24, 2.45) is 5.92 Å². The van der Waals surface area contributed by atoms with Gasteiger partial charge in [-0.25, -0.2) is 0 Å². The molecular formula is C25H27N3O2. The van der Waals surface area contributed by atoms with Crippen LogP contribution >= 0.6 is 0 Å². The Balaban J connectivity index is 1.45. The van der Waals surface area contributed by atoms with E-state index in [4.69, 9.17) is 14.3 Å². The van der Waals surface area contributed by atoms with Crippen LogP contribution in [0.5, 0.6) is 0 Å². The van der Waals surface area contributed by atoms with Gasteiger partial charge in [0, 0.05) is 37.3 Å². The lowest BCUT2D eigenvalue weighted by molar-refractivity contribution is 0.152. The van der Waals surface area contributed by atoms with Crippen LogP contribution in [0.15, 0.2) is 71.3 Å². The number of hydrogen-bond acceptors (Lipinski definition) is 4. The standard InChI is InChI=1S/C25H27N3O2/c1-29-18-20-11-12-27(14-20)16-22-17-28(15-19-7-3-2-4-8-19)26-25(22)24-13-21-9-5-6-10-23(21)30-24/h2-10,13,17,20H,11-12,14-16,18H2,1H3/t20-/m1/s1. The van der Waals surface area contributed by atoms with Gasteiger partial charge in [-0.15, -0.1) is 0 Å². The van der Waals surface area contributed by atoms with E-state index in [0.717, 1.165) is 55.2 Å². The number of furan rings is 1. The molecular weight excluding hydrogens is 374 g/mol. The van der Waals surface area contributed by atoms with Crippen molar-refractivity contribution in [2.45, 2.75) is 19.5 Å². The molecule has 5 rings (SSSR count). The zero-order valence-corrected chi connectivity index (χ0v) is 17.3. The monoisotopic (exact) mass is 401 g/mol. The molecule has 0 radical (unpaired) electrons. The van der Waals surface area contributed by atoms with Gasteiger partial charge in [-0.05, 0) is 36.6 Å². The van der Waals surface area contributed by atoms with Crippen molar-refractivity contribution in [1.82, 2.24) is 14.7 Å². The van der Waals surface area contributed by atoms with Gasteiger partial charge >= 0.3 is 0 Å². The van der Waals surface area contributed by atoms with Gasteiger partial charge in [-0.2, -0.15) is 5.10 Å². The minimum atomic E-state index is 0.615. The van der Waals surface area contributed by atoms with Crippen LogP contribution in [0.2, 0.25) is 0 Å². The first-order chi connectivity index (χ1) is 14.8. The van der Waals surface area contributed by atoms with Gasteiger partial charge in [0.1, 0.15) is 11.3 Å². The Morgan fingerprint density at radius 3 is 2.73 bits per heavy atom. The number of para-hydroxylation sites is 1. The number of nitrogens with zero attached hydrogens (tertiary/aromatic N) is 3. The molecule has 154 valence electrons. The van der Waals surface area contributed by atoms with Crippen LogP contribution in [-0.4, -0.2) is 41.5 Å². The van der Waals surface area contributed by atoms with E-state index < -0.39 is 0 Å². The second-order valence-electron chi connectivity index (χ2n) is 8.18. The third-order valence-electron chi connectivity index (χ3n) is 5.85. The quantitative estimate of drug-likeness (QED) is 0.446. The van der Waals surface area contributed by atoms with Crippen molar-refractivity contribution in [3.05, 3.63) is 78.0 Å². The number of hydrogen-bond donors (Lipinski definition) is 0. The van der Waals surface area contributed by atoms with Crippen molar-refractivity contribution in [3.8, 4) is 11.5 Å². The van der Waals surface area contributed by atoms with Crippen LogP contribution in [0, 0.1) is 5.92 Å². The summed E-state index contributed by atoms with van der Waals surface area (Å²) < 4.78 is 13.6. The first-order valence-corrected chi connectivity index (χ1v) is 10.6. The molecule has 3 heterocycles. The van der Waals surface area contributed by atoms with E-state index in [2.05, 4.69) is 47.5 Å². The van der Waals surface area contributed by atoms with Crippen LogP contribution in [0.1, 0.15) is 17.5 Å². The zero-order chi connectivity index (χ0) is 20.3. The highest BCUT2D eigenvalue weighted by atomic mass is 16.5. The highest BCUT2D eigenvalue weighted by Gasteiger charge is 2.25. The fourth-order valence-electron chi connectivity index (χ4n) is 4.40. The lowest BCUT2D eigenvalue weighted by Crippen LogP contribution is -2.21. The van der Waals surface area contributed by atoms with Gasteiger partial charge in [0.25, 0.3) is 0 Å². The van der Waals surface area contributed by atoms with Gasteiger partial charge in [-0.3, -0.25) is 9.58 Å². The lowest BCUT2D eigenvalue weighted by atomic mass is 10.1. The van der Waals surface area contributed by atoms with Crippen molar-refractivity contribution >= 4 is 11.0 Å². The topological polar surface area (TPSA) is 43.4 Å². The molecule has 2 aromatic heterocycles. The number of methoxy groups -OCH3 is 1. The first-order valence-electron chi connectivity index (χ1n) is 10.6. The van der Waals surface area contributed by atoms with Crippen LogP contribution in [0.3, 0.4) is 0 Å². The number of aromatic nitrogens is 2. The Morgan fingerprint density at radius 2 is 1.90 bits per heavy atom. The normalized spacial score (nSPS) is 17.2. The molecule has 5 heteroatoms. The molecule has 0 bridgehead atoms. The Hall–Kier alpha value is -2.89. The summed E-state index contributed by atoms with van der Waals surface area (Å²) in [4.78, 5) is 2.50. The molecule has 0 amide bonds. The molecule has 1 aliphatic rings. The Kier molecular flexibility index (Phi) is 5.39. The second-order valence-corrected chi connectivity index (χ2v) is 8.18. The fraction of sp³-hybridized carbons (Fsp3) is 0.320. The van der Waals surface area contributed by atoms with E-state index in [1.807, 2.05) is 28.9 Å². The summed E-state index contributed by atoms with van der Waals surface area (Å²) in [7, 11) is 1.79. The minimum Gasteiger partial charge on any atom is -0.454 e. The van der Waals surface area contributed by atoms with Gasteiger partial charge in [-0.1, -0.05) is 48.5 Å². The molecule has 1 fully saturated rings. The molecule has 0 spiro atoms. The SMILES string of the molecule is COC[C@@H]1CCN(Cc2cn(Cc3ccccc3)nc2-c2cc3ccccc3o2)C1. The average molecular weight is 402 g/mol. The number of ether oxygens (including phenoxy) is 1.